The number of primary amides is 2. The third kappa shape index (κ3) is 6.32. The highest BCUT2D eigenvalue weighted by molar-refractivity contribution is 7.80. The maximum absolute atomic E-state index is 14.6. The van der Waals surface area contributed by atoms with Crippen molar-refractivity contribution >= 4 is 46.1 Å². The van der Waals surface area contributed by atoms with Crippen LogP contribution in [0.15, 0.2) is 36.5 Å². The van der Waals surface area contributed by atoms with Crippen LogP contribution in [0.25, 0.3) is 0 Å². The zero-order valence-electron chi connectivity index (χ0n) is 15.7. The summed E-state index contributed by atoms with van der Waals surface area (Å²) in [6.07, 6.45) is 1.88. The lowest BCUT2D eigenvalue weighted by molar-refractivity contribution is -0.118. The number of benzene rings is 1. The molecule has 1 aromatic carbocycles. The van der Waals surface area contributed by atoms with Crippen LogP contribution in [0.5, 0.6) is 0 Å². The smallest absolute Gasteiger partial charge is 0.250 e. The normalized spacial score (nSPS) is 11.4. The average Bonchev–Trinajstić information content (AvgIpc) is 2.63. The van der Waals surface area contributed by atoms with Crippen LogP contribution >= 0.6 is 12.2 Å². The van der Waals surface area contributed by atoms with Gasteiger partial charge in [0.05, 0.1) is 21.9 Å². The molecule has 1 heterocycles. The van der Waals surface area contributed by atoms with Gasteiger partial charge in [-0.05, 0) is 31.2 Å². The van der Waals surface area contributed by atoms with Crippen molar-refractivity contribution in [1.82, 2.24) is 4.98 Å². The molecule has 0 radical (unpaired) electrons. The van der Waals surface area contributed by atoms with E-state index in [0.29, 0.717) is 11.4 Å². The van der Waals surface area contributed by atoms with Gasteiger partial charge >= 0.3 is 0 Å². The van der Waals surface area contributed by atoms with E-state index in [1.165, 1.54) is 6.07 Å². The molecule has 152 valence electrons. The molecule has 0 aliphatic carbocycles. The molecule has 2 amide bonds. The number of nitrogens with one attached hydrogen (secondary N) is 3. The molecule has 10 heteroatoms. The largest absolute Gasteiger partial charge is 0.371 e. The summed E-state index contributed by atoms with van der Waals surface area (Å²) in [5, 5.41) is 13.0. The summed E-state index contributed by atoms with van der Waals surface area (Å²) >= 11 is 5.15. The lowest BCUT2D eigenvalue weighted by Crippen LogP contribution is -2.37. The van der Waals surface area contributed by atoms with Gasteiger partial charge in [0, 0.05) is 30.4 Å². The second-order valence-electron chi connectivity index (χ2n) is 6.37. The van der Waals surface area contributed by atoms with Crippen LogP contribution in [0.4, 0.5) is 15.8 Å². The lowest BCUT2D eigenvalue weighted by Gasteiger charge is -2.19. The van der Waals surface area contributed by atoms with Gasteiger partial charge in [-0.25, -0.2) is 4.39 Å². The van der Waals surface area contributed by atoms with E-state index in [4.69, 9.17) is 29.1 Å². The van der Waals surface area contributed by atoms with Gasteiger partial charge in [0.2, 0.25) is 5.91 Å². The molecule has 0 spiro atoms. The van der Waals surface area contributed by atoms with Gasteiger partial charge in [-0.15, -0.1) is 0 Å². The first kappa shape index (κ1) is 21.9. The Morgan fingerprint density at radius 2 is 2.00 bits per heavy atom. The van der Waals surface area contributed by atoms with Gasteiger partial charge in [-0.3, -0.25) is 14.6 Å². The molecule has 1 aromatic heterocycles. The minimum atomic E-state index is -0.942. The summed E-state index contributed by atoms with van der Waals surface area (Å²) in [4.78, 5) is 27.9. The lowest BCUT2D eigenvalue weighted by atomic mass is 10.1. The molecule has 0 fully saturated rings. The van der Waals surface area contributed by atoms with Crippen LogP contribution in [0, 0.1) is 11.2 Å². The van der Waals surface area contributed by atoms with Gasteiger partial charge in [0.15, 0.2) is 0 Å². The number of aromatic nitrogens is 1. The second kappa shape index (κ2) is 9.69. The minimum absolute atomic E-state index is 0.0633. The number of hydrogen-bond acceptors (Lipinski definition) is 6. The maximum Gasteiger partial charge on any atom is 0.250 e. The predicted molar refractivity (Wildman–Crippen MR) is 114 cm³/mol. The Morgan fingerprint density at radius 1 is 1.28 bits per heavy atom. The number of nitrogens with zero attached hydrogens (tertiary/aromatic N) is 1. The zero-order chi connectivity index (χ0) is 21.6. The third-order valence-electron chi connectivity index (χ3n) is 3.89. The summed E-state index contributed by atoms with van der Waals surface area (Å²) < 4.78 is 14.6. The number of anilines is 2. The van der Waals surface area contributed by atoms with E-state index in [2.05, 4.69) is 15.6 Å². The number of thiocarbonyl (C=S) groups is 1. The van der Waals surface area contributed by atoms with Crippen molar-refractivity contribution in [1.29, 1.82) is 5.41 Å². The Labute approximate surface area is 172 Å². The van der Waals surface area contributed by atoms with Crippen molar-refractivity contribution in [2.45, 2.75) is 25.8 Å². The Morgan fingerprint density at radius 3 is 2.55 bits per heavy atom. The molecule has 0 aliphatic heterocycles. The Bertz CT molecular complexity index is 951. The van der Waals surface area contributed by atoms with E-state index in [0.717, 1.165) is 6.07 Å². The second-order valence-corrected chi connectivity index (χ2v) is 6.86. The van der Waals surface area contributed by atoms with E-state index in [1.54, 1.807) is 31.3 Å². The van der Waals surface area contributed by atoms with Gasteiger partial charge in [-0.1, -0.05) is 18.3 Å². The van der Waals surface area contributed by atoms with Gasteiger partial charge < -0.3 is 27.5 Å². The number of carbonyl (C=O) groups excluding carboxylic acids is 2. The number of rotatable bonds is 9. The van der Waals surface area contributed by atoms with Crippen LogP contribution in [-0.4, -0.2) is 33.5 Å². The van der Waals surface area contributed by atoms with Crippen molar-refractivity contribution in [3.63, 3.8) is 0 Å². The zero-order valence-corrected chi connectivity index (χ0v) is 16.5. The Balaban J connectivity index is 2.33. The summed E-state index contributed by atoms with van der Waals surface area (Å²) in [6.45, 7) is 1.58. The standard InChI is InChI=1S/C19H21FN6O2S/c1-10(21)6-17(29)26-14-9-15(13(20)8-12(14)18(22)27)25-16(19(23)28)7-11-4-2-3-5-24-11/h2-5,8-9,16,21,25H,6-7H2,1H3,(H2,22,27)(H2,23,28)(H,26,29). The highest BCUT2D eigenvalue weighted by atomic mass is 32.1. The average molecular weight is 416 g/mol. The van der Waals surface area contributed by atoms with Crippen molar-refractivity contribution in [2.24, 2.45) is 11.5 Å². The maximum atomic E-state index is 14.6. The predicted octanol–water partition coefficient (Wildman–Crippen LogP) is 2.00. The number of halogens is 1. The first-order chi connectivity index (χ1) is 13.7. The molecule has 0 saturated carbocycles. The topological polar surface area (TPSA) is 147 Å². The molecule has 2 aromatic rings. The molecule has 8 nitrogen and oxygen atoms in total. The van der Waals surface area contributed by atoms with Crippen LogP contribution in [0.3, 0.4) is 0 Å². The van der Waals surface area contributed by atoms with Crippen LogP contribution in [0.1, 0.15) is 29.4 Å². The quantitative estimate of drug-likeness (QED) is 0.312. The number of nitrogens with two attached hydrogens (primary N) is 2. The highest BCUT2D eigenvalue weighted by Gasteiger charge is 2.21. The molecule has 29 heavy (non-hydrogen) atoms. The number of carbonyl (C=O) groups is 2. The molecule has 0 bridgehead atoms. The molecule has 2 rings (SSSR count). The van der Waals surface area contributed by atoms with Gasteiger partial charge in [0.25, 0.3) is 5.91 Å². The minimum Gasteiger partial charge on any atom is -0.371 e. The molecule has 0 saturated heterocycles. The fourth-order valence-electron chi connectivity index (χ4n) is 2.56. The Kier molecular flexibility index (Phi) is 7.32. The van der Waals surface area contributed by atoms with Crippen LogP contribution in [-0.2, 0) is 11.2 Å². The van der Waals surface area contributed by atoms with Crippen LogP contribution < -0.4 is 22.1 Å². The molecular weight excluding hydrogens is 395 g/mol. The first-order valence-electron chi connectivity index (χ1n) is 8.60. The van der Waals surface area contributed by atoms with Crippen molar-refractivity contribution in [3.8, 4) is 0 Å². The SMILES string of the molecule is CC(=N)CC(=S)Nc1cc(NC(Cc2ccccn2)C(N)=O)c(F)cc1C(N)=O. The number of pyridine rings is 1. The number of hydrogen-bond donors (Lipinski definition) is 5. The highest BCUT2D eigenvalue weighted by Crippen LogP contribution is 2.26. The summed E-state index contributed by atoms with van der Waals surface area (Å²) in [7, 11) is 0. The van der Waals surface area contributed by atoms with E-state index in [-0.39, 0.29) is 34.8 Å². The molecule has 7 N–H and O–H groups in total. The number of amides is 2. The van der Waals surface area contributed by atoms with E-state index >= 15 is 0 Å². The summed E-state index contributed by atoms with van der Waals surface area (Å²) in [5.41, 5.74) is 11.7. The molecular formula is C19H21FN6O2S. The van der Waals surface area contributed by atoms with Crippen molar-refractivity contribution in [2.75, 3.05) is 10.6 Å². The van der Waals surface area contributed by atoms with Crippen molar-refractivity contribution in [3.05, 3.63) is 53.6 Å². The van der Waals surface area contributed by atoms with Crippen LogP contribution in [0.2, 0.25) is 0 Å². The van der Waals surface area contributed by atoms with Gasteiger partial charge in [0.1, 0.15) is 11.9 Å². The Hall–Kier alpha value is -3.40. The monoisotopic (exact) mass is 416 g/mol. The van der Waals surface area contributed by atoms with E-state index in [1.807, 2.05) is 0 Å². The summed E-state index contributed by atoms with van der Waals surface area (Å²) in [6, 6.07) is 6.50. The van der Waals surface area contributed by atoms with Crippen molar-refractivity contribution < 1.29 is 14.0 Å². The first-order valence-corrected chi connectivity index (χ1v) is 9.01. The molecule has 1 atom stereocenters. The fraction of sp³-hybridized carbons (Fsp3) is 0.211. The van der Waals surface area contributed by atoms with E-state index in [9.17, 15) is 14.0 Å². The third-order valence-corrected chi connectivity index (χ3v) is 4.13. The molecule has 1 unspecified atom stereocenters. The fourth-order valence-corrected chi connectivity index (χ4v) is 2.89. The molecule has 0 aliphatic rings. The van der Waals surface area contributed by atoms with Gasteiger partial charge in [-0.2, -0.15) is 0 Å². The summed E-state index contributed by atoms with van der Waals surface area (Å²) in [5.74, 6) is -2.34. The van der Waals surface area contributed by atoms with E-state index < -0.39 is 23.7 Å².